The average molecular weight is 387 g/mol. The Morgan fingerprint density at radius 1 is 1.37 bits per heavy atom. The minimum absolute atomic E-state index is 0.0846. The van der Waals surface area contributed by atoms with Gasteiger partial charge >= 0.3 is 6.18 Å². The lowest BCUT2D eigenvalue weighted by Gasteiger charge is -2.22. The first-order valence-corrected chi connectivity index (χ1v) is 8.52. The molecule has 10 heteroatoms. The highest BCUT2D eigenvalue weighted by molar-refractivity contribution is 5.83. The molecule has 0 spiro atoms. The molecule has 6 nitrogen and oxygen atoms in total. The zero-order valence-electron chi connectivity index (χ0n) is 15.0. The summed E-state index contributed by atoms with van der Waals surface area (Å²) in [6.45, 7) is 1.36. The molecule has 1 aromatic carbocycles. The van der Waals surface area contributed by atoms with E-state index in [4.69, 9.17) is 5.73 Å². The van der Waals surface area contributed by atoms with Gasteiger partial charge in [-0.15, -0.1) is 0 Å². The molecule has 1 fully saturated rings. The van der Waals surface area contributed by atoms with Crippen LogP contribution in [0.3, 0.4) is 0 Å². The van der Waals surface area contributed by atoms with Crippen molar-refractivity contribution in [1.82, 2.24) is 14.5 Å². The van der Waals surface area contributed by atoms with E-state index in [0.717, 1.165) is 7.05 Å². The number of fused-ring (bicyclic) bond motifs is 1. The molecule has 1 saturated heterocycles. The third-order valence-corrected chi connectivity index (χ3v) is 4.78. The van der Waals surface area contributed by atoms with Gasteiger partial charge in [-0.25, -0.2) is 9.37 Å². The number of hydrogen-bond acceptors (Lipinski definition) is 4. The van der Waals surface area contributed by atoms with E-state index in [1.165, 1.54) is 22.8 Å². The highest BCUT2D eigenvalue weighted by Crippen LogP contribution is 2.28. The number of carbonyl (C=O) groups excluding carboxylic acids is 1. The van der Waals surface area contributed by atoms with E-state index in [2.05, 4.69) is 4.98 Å². The van der Waals surface area contributed by atoms with Crippen molar-refractivity contribution in [3.05, 3.63) is 24.0 Å². The second-order valence-corrected chi connectivity index (χ2v) is 7.04. The van der Waals surface area contributed by atoms with E-state index >= 15 is 0 Å². The van der Waals surface area contributed by atoms with Crippen LogP contribution in [0.5, 0.6) is 0 Å². The second-order valence-electron chi connectivity index (χ2n) is 7.04. The predicted molar refractivity (Wildman–Crippen MR) is 92.7 cm³/mol. The van der Waals surface area contributed by atoms with Gasteiger partial charge in [0, 0.05) is 26.2 Å². The summed E-state index contributed by atoms with van der Waals surface area (Å²) in [5, 5.41) is 0. The summed E-state index contributed by atoms with van der Waals surface area (Å²) in [6.07, 6.45) is -4.49. The van der Waals surface area contributed by atoms with Gasteiger partial charge in [-0.3, -0.25) is 4.79 Å². The van der Waals surface area contributed by atoms with Gasteiger partial charge in [0.2, 0.25) is 11.9 Å². The Morgan fingerprint density at radius 2 is 2.07 bits per heavy atom. The normalized spacial score (nSPS) is 20.5. The summed E-state index contributed by atoms with van der Waals surface area (Å²) < 4.78 is 52.9. The van der Waals surface area contributed by atoms with Crippen LogP contribution in [0.2, 0.25) is 0 Å². The maximum Gasteiger partial charge on any atom is 0.406 e. The van der Waals surface area contributed by atoms with Crippen LogP contribution in [0.25, 0.3) is 11.0 Å². The van der Waals surface area contributed by atoms with Crippen molar-refractivity contribution in [2.75, 3.05) is 31.6 Å². The van der Waals surface area contributed by atoms with Gasteiger partial charge in [-0.2, -0.15) is 13.2 Å². The van der Waals surface area contributed by atoms with Gasteiger partial charge in [0.15, 0.2) is 0 Å². The Balaban J connectivity index is 1.95. The first-order chi connectivity index (χ1) is 12.5. The number of hydrogen-bond donors (Lipinski definition) is 1. The third kappa shape index (κ3) is 4.15. The van der Waals surface area contributed by atoms with Crippen molar-refractivity contribution in [2.24, 2.45) is 11.7 Å². The second kappa shape index (κ2) is 6.99. The fourth-order valence-corrected chi connectivity index (χ4v) is 3.25. The minimum atomic E-state index is -4.49. The molecule has 0 aliphatic carbocycles. The van der Waals surface area contributed by atoms with Crippen LogP contribution < -0.4 is 10.6 Å². The molecule has 0 saturated carbocycles. The van der Waals surface area contributed by atoms with Crippen molar-refractivity contribution in [3.8, 4) is 0 Å². The quantitative estimate of drug-likeness (QED) is 0.815. The molecule has 1 aliphatic rings. The Kier molecular flexibility index (Phi) is 5.02. The van der Waals surface area contributed by atoms with Crippen LogP contribution in [0.1, 0.15) is 6.92 Å². The predicted octanol–water partition coefficient (Wildman–Crippen LogP) is 1.98. The SMILES string of the molecule is CC1CN(c2nc3ccc(F)cc3n2CC(=O)N(C)CC(F)(F)F)CC1N. The summed E-state index contributed by atoms with van der Waals surface area (Å²) in [7, 11) is 1.09. The molecular formula is C17H21F4N5O. The summed E-state index contributed by atoms with van der Waals surface area (Å²) >= 11 is 0. The lowest BCUT2D eigenvalue weighted by atomic mass is 10.1. The van der Waals surface area contributed by atoms with Crippen LogP contribution in [0.15, 0.2) is 18.2 Å². The fraction of sp³-hybridized carbons (Fsp3) is 0.529. The van der Waals surface area contributed by atoms with Crippen molar-refractivity contribution in [2.45, 2.75) is 25.7 Å². The zero-order chi connectivity index (χ0) is 19.9. The molecule has 2 atom stereocenters. The number of alkyl halides is 3. The average Bonchev–Trinajstić information content (AvgIpc) is 3.06. The van der Waals surface area contributed by atoms with Crippen molar-refractivity contribution in [3.63, 3.8) is 0 Å². The van der Waals surface area contributed by atoms with Gasteiger partial charge in [0.25, 0.3) is 0 Å². The minimum Gasteiger partial charge on any atom is -0.340 e. The molecule has 0 bridgehead atoms. The van der Waals surface area contributed by atoms with E-state index < -0.39 is 24.4 Å². The highest BCUT2D eigenvalue weighted by atomic mass is 19.4. The molecule has 1 amide bonds. The first kappa shape index (κ1) is 19.4. The van der Waals surface area contributed by atoms with Crippen LogP contribution in [-0.2, 0) is 11.3 Å². The molecule has 0 radical (unpaired) electrons. The van der Waals surface area contributed by atoms with Crippen LogP contribution >= 0.6 is 0 Å². The number of nitrogens with two attached hydrogens (primary N) is 1. The number of rotatable bonds is 4. The van der Waals surface area contributed by atoms with Gasteiger partial charge in [-0.1, -0.05) is 6.92 Å². The van der Waals surface area contributed by atoms with E-state index in [-0.39, 0.29) is 18.5 Å². The molecule has 2 aromatic rings. The molecule has 2 unspecified atom stereocenters. The number of aromatic nitrogens is 2. The Hall–Kier alpha value is -2.36. The maximum atomic E-state index is 13.7. The topological polar surface area (TPSA) is 67.4 Å². The highest BCUT2D eigenvalue weighted by Gasteiger charge is 2.33. The molecule has 1 aliphatic heterocycles. The van der Waals surface area contributed by atoms with Crippen molar-refractivity contribution in [1.29, 1.82) is 0 Å². The summed E-state index contributed by atoms with van der Waals surface area (Å²) in [4.78, 5) is 19.3. The number of carbonyl (C=O) groups is 1. The molecule has 3 rings (SSSR count). The van der Waals surface area contributed by atoms with Gasteiger partial charge < -0.3 is 20.1 Å². The Labute approximate surface area is 153 Å². The number of nitrogens with zero attached hydrogens (tertiary/aromatic N) is 4. The summed E-state index contributed by atoms with van der Waals surface area (Å²) in [5.41, 5.74) is 6.87. The fourth-order valence-electron chi connectivity index (χ4n) is 3.25. The number of imidazole rings is 1. The smallest absolute Gasteiger partial charge is 0.340 e. The molecular weight excluding hydrogens is 366 g/mol. The molecule has 2 N–H and O–H groups in total. The van der Waals surface area contributed by atoms with E-state index in [9.17, 15) is 22.4 Å². The molecule has 1 aromatic heterocycles. The number of likely N-dealkylation sites (N-methyl/N-ethyl adjacent to an activating group) is 1. The largest absolute Gasteiger partial charge is 0.406 e. The van der Waals surface area contributed by atoms with Crippen molar-refractivity contribution < 1.29 is 22.4 Å². The van der Waals surface area contributed by atoms with Gasteiger partial charge in [-0.05, 0) is 24.1 Å². The Morgan fingerprint density at radius 3 is 2.67 bits per heavy atom. The monoisotopic (exact) mass is 387 g/mol. The summed E-state index contributed by atoms with van der Waals surface area (Å²) in [5.74, 6) is -0.658. The van der Waals surface area contributed by atoms with Crippen LogP contribution in [0, 0.1) is 11.7 Å². The van der Waals surface area contributed by atoms with Gasteiger partial charge in [0.05, 0.1) is 11.0 Å². The zero-order valence-corrected chi connectivity index (χ0v) is 15.0. The third-order valence-electron chi connectivity index (χ3n) is 4.78. The van der Waals surface area contributed by atoms with Crippen LogP contribution in [0.4, 0.5) is 23.5 Å². The maximum absolute atomic E-state index is 13.7. The van der Waals surface area contributed by atoms with E-state index in [1.807, 2.05) is 11.8 Å². The number of halogens is 4. The Bertz CT molecular complexity index is 840. The number of benzene rings is 1. The molecule has 2 heterocycles. The van der Waals surface area contributed by atoms with Crippen LogP contribution in [-0.4, -0.2) is 59.3 Å². The lowest BCUT2D eigenvalue weighted by Crippen LogP contribution is -2.38. The standard InChI is InChI=1S/C17H21F4N5O/c1-10-6-25(7-12(10)22)16-23-13-4-3-11(18)5-14(13)26(16)8-15(27)24(2)9-17(19,20)21/h3-5,10,12H,6-9,22H2,1-2H3. The van der Waals surface area contributed by atoms with E-state index in [1.54, 1.807) is 0 Å². The van der Waals surface area contributed by atoms with Crippen molar-refractivity contribution >= 4 is 22.9 Å². The lowest BCUT2D eigenvalue weighted by molar-refractivity contribution is -0.158. The molecule has 148 valence electrons. The first-order valence-electron chi connectivity index (χ1n) is 8.52. The number of amides is 1. The van der Waals surface area contributed by atoms with E-state index in [0.29, 0.717) is 35.0 Å². The van der Waals surface area contributed by atoms with Gasteiger partial charge in [0.1, 0.15) is 18.9 Å². The number of anilines is 1. The summed E-state index contributed by atoms with van der Waals surface area (Å²) in [6, 6.07) is 3.87. The molecule has 27 heavy (non-hydrogen) atoms.